The second kappa shape index (κ2) is 3.72. The summed E-state index contributed by atoms with van der Waals surface area (Å²) < 4.78 is 12.0. The first-order chi connectivity index (χ1) is 8.48. The Balaban J connectivity index is 2.07. The zero-order valence-corrected chi connectivity index (χ0v) is 11.8. The van der Waals surface area contributed by atoms with Crippen LogP contribution in [0.25, 0.3) is 0 Å². The molecule has 2 nitrogen and oxygen atoms in total. The van der Waals surface area contributed by atoms with Crippen LogP contribution in [0, 0.1) is 16.7 Å². The molecule has 3 aliphatic rings. The predicted molar refractivity (Wildman–Crippen MR) is 71.1 cm³/mol. The molecule has 3 fully saturated rings. The van der Waals surface area contributed by atoms with Gasteiger partial charge in [-0.2, -0.15) is 0 Å². The van der Waals surface area contributed by atoms with Crippen LogP contribution in [-0.2, 0) is 9.47 Å². The molecule has 0 unspecified atom stereocenters. The van der Waals surface area contributed by atoms with Crippen LogP contribution in [0.15, 0.2) is 17.9 Å². The van der Waals surface area contributed by atoms with E-state index in [9.17, 15) is 0 Å². The van der Waals surface area contributed by atoms with Gasteiger partial charge in [0.05, 0.1) is 13.2 Å². The molecule has 0 aromatic rings. The van der Waals surface area contributed by atoms with Crippen LogP contribution in [0.2, 0.25) is 0 Å². The second-order valence-corrected chi connectivity index (χ2v) is 6.65. The highest BCUT2D eigenvalue weighted by atomic mass is 16.7. The van der Waals surface area contributed by atoms with Gasteiger partial charge in [0, 0.05) is 17.8 Å². The molecule has 3 rings (SSSR count). The lowest BCUT2D eigenvalue weighted by Gasteiger charge is -2.56. The number of rotatable bonds is 0. The average molecular weight is 248 g/mol. The molecule has 2 saturated carbocycles. The maximum absolute atomic E-state index is 6.02. The van der Waals surface area contributed by atoms with Crippen LogP contribution in [0.4, 0.5) is 0 Å². The van der Waals surface area contributed by atoms with Crippen molar-refractivity contribution in [1.82, 2.24) is 0 Å². The van der Waals surface area contributed by atoms with Gasteiger partial charge in [-0.05, 0) is 30.3 Å². The highest BCUT2D eigenvalue weighted by Crippen LogP contribution is 2.68. The van der Waals surface area contributed by atoms with Crippen molar-refractivity contribution in [2.75, 3.05) is 13.2 Å². The Morgan fingerprint density at radius 1 is 1.17 bits per heavy atom. The van der Waals surface area contributed by atoms with E-state index in [4.69, 9.17) is 9.47 Å². The lowest BCUT2D eigenvalue weighted by Crippen LogP contribution is -2.56. The van der Waals surface area contributed by atoms with Gasteiger partial charge in [-0.15, -0.1) is 5.73 Å². The Morgan fingerprint density at radius 2 is 1.83 bits per heavy atom. The largest absolute Gasteiger partial charge is 0.347 e. The summed E-state index contributed by atoms with van der Waals surface area (Å²) >= 11 is 0. The van der Waals surface area contributed by atoms with E-state index in [0.717, 1.165) is 26.1 Å². The van der Waals surface area contributed by atoms with Crippen LogP contribution in [-0.4, -0.2) is 19.0 Å². The molecular formula is C16H24O2. The highest BCUT2D eigenvalue weighted by Gasteiger charge is 2.64. The monoisotopic (exact) mass is 248 g/mol. The van der Waals surface area contributed by atoms with E-state index >= 15 is 0 Å². The number of allylic oxidation sites excluding steroid dienone is 1. The van der Waals surface area contributed by atoms with Gasteiger partial charge < -0.3 is 9.47 Å². The van der Waals surface area contributed by atoms with Gasteiger partial charge in [-0.1, -0.05) is 27.4 Å². The van der Waals surface area contributed by atoms with Crippen molar-refractivity contribution >= 4 is 0 Å². The topological polar surface area (TPSA) is 18.5 Å². The summed E-state index contributed by atoms with van der Waals surface area (Å²) in [5, 5.41) is 0. The number of hydrogen-bond donors (Lipinski definition) is 0. The molecule has 18 heavy (non-hydrogen) atoms. The Kier molecular flexibility index (Phi) is 2.58. The highest BCUT2D eigenvalue weighted by molar-refractivity contribution is 5.27. The molecule has 0 amide bonds. The molecule has 1 aliphatic heterocycles. The fraction of sp³-hybridized carbons (Fsp3) is 0.812. The molecule has 0 radical (unpaired) electrons. The van der Waals surface area contributed by atoms with Gasteiger partial charge >= 0.3 is 0 Å². The van der Waals surface area contributed by atoms with E-state index in [1.807, 2.05) is 0 Å². The normalized spacial score (nSPS) is 46.2. The average Bonchev–Trinajstić information content (AvgIpc) is 2.92. The molecule has 2 heteroatoms. The molecule has 3 atom stereocenters. The maximum Gasteiger partial charge on any atom is 0.171 e. The van der Waals surface area contributed by atoms with E-state index in [-0.39, 0.29) is 11.2 Å². The van der Waals surface area contributed by atoms with Crippen molar-refractivity contribution < 1.29 is 9.47 Å². The van der Waals surface area contributed by atoms with Crippen molar-refractivity contribution in [2.45, 2.75) is 52.2 Å². The van der Waals surface area contributed by atoms with Crippen molar-refractivity contribution in [3.63, 3.8) is 0 Å². The predicted octanol–water partition coefficient (Wildman–Crippen LogP) is 3.68. The number of ether oxygens (including phenoxy) is 2. The minimum Gasteiger partial charge on any atom is -0.347 e. The first kappa shape index (κ1) is 12.5. The molecule has 1 spiro atoms. The Hall–Kier alpha value is -0.560. The van der Waals surface area contributed by atoms with Crippen LogP contribution in [0.1, 0.15) is 46.5 Å². The molecule has 0 aromatic heterocycles. The van der Waals surface area contributed by atoms with Crippen LogP contribution in [0.5, 0.6) is 0 Å². The van der Waals surface area contributed by atoms with E-state index in [0.29, 0.717) is 11.3 Å². The minimum atomic E-state index is -0.347. The smallest absolute Gasteiger partial charge is 0.171 e. The van der Waals surface area contributed by atoms with Crippen molar-refractivity contribution in [2.24, 2.45) is 16.7 Å². The Morgan fingerprint density at radius 3 is 2.44 bits per heavy atom. The van der Waals surface area contributed by atoms with Crippen LogP contribution in [0.3, 0.4) is 0 Å². The Bertz CT molecular complexity index is 415. The van der Waals surface area contributed by atoms with E-state index < -0.39 is 0 Å². The molecule has 0 bridgehead atoms. The Labute approximate surface area is 110 Å². The third kappa shape index (κ3) is 1.27. The summed E-state index contributed by atoms with van der Waals surface area (Å²) in [5.41, 5.74) is 5.08. The SMILES string of the molecule is C=C=C1CC[C@]2(C)CCC3(OCCO3)[C@@H](C)[C@]12C. The van der Waals surface area contributed by atoms with Gasteiger partial charge in [0.1, 0.15) is 0 Å². The van der Waals surface area contributed by atoms with E-state index in [2.05, 4.69) is 33.1 Å². The fourth-order valence-corrected chi connectivity index (χ4v) is 4.70. The fourth-order valence-electron chi connectivity index (χ4n) is 4.70. The first-order valence-corrected chi connectivity index (χ1v) is 7.16. The van der Waals surface area contributed by atoms with Gasteiger partial charge in [-0.3, -0.25) is 0 Å². The molecule has 2 aliphatic carbocycles. The first-order valence-electron chi connectivity index (χ1n) is 7.16. The third-order valence-corrected chi connectivity index (χ3v) is 6.35. The zero-order chi connectivity index (χ0) is 13.0. The van der Waals surface area contributed by atoms with Gasteiger partial charge in [0.2, 0.25) is 0 Å². The summed E-state index contributed by atoms with van der Waals surface area (Å²) in [6, 6.07) is 0. The molecule has 0 aromatic carbocycles. The van der Waals surface area contributed by atoms with Crippen LogP contribution < -0.4 is 0 Å². The van der Waals surface area contributed by atoms with Crippen molar-refractivity contribution in [3.8, 4) is 0 Å². The zero-order valence-electron chi connectivity index (χ0n) is 11.8. The summed E-state index contributed by atoms with van der Waals surface area (Å²) in [6.07, 6.45) is 4.60. The quantitative estimate of drug-likeness (QED) is 0.609. The second-order valence-electron chi connectivity index (χ2n) is 6.65. The summed E-state index contributed by atoms with van der Waals surface area (Å²) in [7, 11) is 0. The van der Waals surface area contributed by atoms with Gasteiger partial charge in [0.15, 0.2) is 5.79 Å². The van der Waals surface area contributed by atoms with Crippen molar-refractivity contribution in [3.05, 3.63) is 17.9 Å². The molecule has 1 saturated heterocycles. The number of fused-ring (bicyclic) bond motifs is 1. The van der Waals surface area contributed by atoms with Crippen molar-refractivity contribution in [1.29, 1.82) is 0 Å². The van der Waals surface area contributed by atoms with Crippen LogP contribution >= 0.6 is 0 Å². The lowest BCUT2D eigenvalue weighted by atomic mass is 9.52. The summed E-state index contributed by atoms with van der Waals surface area (Å²) in [6.45, 7) is 12.5. The molecule has 1 heterocycles. The summed E-state index contributed by atoms with van der Waals surface area (Å²) in [5.74, 6) is 0.0266. The van der Waals surface area contributed by atoms with Gasteiger partial charge in [0.25, 0.3) is 0 Å². The third-order valence-electron chi connectivity index (χ3n) is 6.35. The standard InChI is InChI=1S/C16H24O2/c1-5-13-6-7-14(3)8-9-16(17-10-11-18-16)12(2)15(13,14)4/h12H,1,6-11H2,2-4H3/t12-,14+,15+/m0/s1. The molecule has 100 valence electrons. The minimum absolute atomic E-state index is 0.122. The van der Waals surface area contributed by atoms with E-state index in [1.165, 1.54) is 18.4 Å². The molecular weight excluding hydrogens is 224 g/mol. The number of hydrogen-bond acceptors (Lipinski definition) is 2. The van der Waals surface area contributed by atoms with Gasteiger partial charge in [-0.25, -0.2) is 0 Å². The molecule has 0 N–H and O–H groups in total. The van der Waals surface area contributed by atoms with E-state index in [1.54, 1.807) is 0 Å². The maximum atomic E-state index is 6.02. The summed E-state index contributed by atoms with van der Waals surface area (Å²) in [4.78, 5) is 0. The lowest BCUT2D eigenvalue weighted by molar-refractivity contribution is -0.253.